The van der Waals surface area contributed by atoms with Crippen LogP contribution in [0.4, 0.5) is 4.39 Å². The van der Waals surface area contributed by atoms with Crippen molar-refractivity contribution < 1.29 is 23.2 Å². The van der Waals surface area contributed by atoms with Gasteiger partial charge in [-0.1, -0.05) is 30.0 Å². The molecule has 8 rings (SSSR count). The van der Waals surface area contributed by atoms with Gasteiger partial charge in [0.15, 0.2) is 0 Å². The van der Waals surface area contributed by atoms with E-state index >= 15 is 4.39 Å². The van der Waals surface area contributed by atoms with Crippen molar-refractivity contribution in [1.82, 2.24) is 29.7 Å². The molecule has 0 aliphatic carbocycles. The molecule has 1 fully saturated rings. The smallest absolute Gasteiger partial charge is 0.328 e. The lowest BCUT2D eigenvalue weighted by atomic mass is 9.90. The Kier molecular flexibility index (Phi) is 8.18. The maximum atomic E-state index is 15.2. The Balaban J connectivity index is 0.976. The van der Waals surface area contributed by atoms with Crippen LogP contribution in [0.5, 0.6) is 0 Å². The van der Waals surface area contributed by atoms with Crippen LogP contribution in [0, 0.1) is 24.6 Å². The number of carbonyl (C=O) groups is 3. The second kappa shape index (κ2) is 13.0. The maximum Gasteiger partial charge on any atom is 0.328 e. The highest BCUT2D eigenvalue weighted by Crippen LogP contribution is 2.34. The Labute approximate surface area is 301 Å². The quantitative estimate of drug-likeness (QED) is 0.174. The fourth-order valence-electron chi connectivity index (χ4n) is 7.03. The Morgan fingerprint density at radius 2 is 1.85 bits per heavy atom. The number of hydrogen-bond donors (Lipinski definition) is 2. The van der Waals surface area contributed by atoms with E-state index in [0.29, 0.717) is 45.5 Å². The van der Waals surface area contributed by atoms with Gasteiger partial charge in [-0.15, -0.1) is 0 Å². The summed E-state index contributed by atoms with van der Waals surface area (Å²) in [5, 5.41) is 7.64. The average Bonchev–Trinajstić information content (AvgIpc) is 3.66. The molecule has 0 bridgehead atoms. The molecule has 1 aliphatic rings. The van der Waals surface area contributed by atoms with Crippen LogP contribution in [0.2, 0.25) is 0 Å². The summed E-state index contributed by atoms with van der Waals surface area (Å²) < 4.78 is 23.6. The van der Waals surface area contributed by atoms with E-state index in [9.17, 15) is 19.2 Å². The number of imide groups is 1. The summed E-state index contributed by atoms with van der Waals surface area (Å²) in [7, 11) is 3.18. The number of nitrogens with zero attached hydrogens (tertiary/aromatic N) is 4. The summed E-state index contributed by atoms with van der Waals surface area (Å²) in [5.41, 5.74) is 6.18. The number of imidazole rings is 1. The van der Waals surface area contributed by atoms with Gasteiger partial charge in [0.25, 0.3) is 5.91 Å². The van der Waals surface area contributed by atoms with Gasteiger partial charge in [0.05, 0.1) is 29.9 Å². The minimum absolute atomic E-state index is 0.0805. The zero-order valence-corrected chi connectivity index (χ0v) is 28.9. The van der Waals surface area contributed by atoms with Crippen molar-refractivity contribution in [3.63, 3.8) is 0 Å². The molecule has 12 heteroatoms. The predicted octanol–water partition coefficient (Wildman–Crippen LogP) is 5.65. The lowest BCUT2D eigenvalue weighted by Gasteiger charge is -2.19. The fraction of sp³-hybridized carbons (Fsp3) is 0.171. The average molecular weight is 707 g/mol. The van der Waals surface area contributed by atoms with E-state index in [4.69, 9.17) is 9.40 Å². The molecule has 7 aromatic rings. The number of nitrogens with one attached hydrogen (secondary N) is 2. The first-order chi connectivity index (χ1) is 25.6. The number of amides is 3. The van der Waals surface area contributed by atoms with Crippen LogP contribution < -0.4 is 16.3 Å². The molecule has 5 heterocycles. The molecule has 53 heavy (non-hydrogen) atoms. The summed E-state index contributed by atoms with van der Waals surface area (Å²) in [6.07, 6.45) is 5.57. The second-order valence-corrected chi connectivity index (χ2v) is 13.1. The zero-order valence-electron chi connectivity index (χ0n) is 28.9. The highest BCUT2D eigenvalue weighted by Gasteiger charge is 2.30. The summed E-state index contributed by atoms with van der Waals surface area (Å²) in [5.74, 6) is 4.08. The zero-order chi connectivity index (χ0) is 37.0. The largest absolute Gasteiger partial charge is 0.464 e. The van der Waals surface area contributed by atoms with E-state index in [1.165, 1.54) is 15.2 Å². The molecule has 1 unspecified atom stereocenters. The lowest BCUT2D eigenvalue weighted by Crippen LogP contribution is -2.39. The molecule has 262 valence electrons. The van der Waals surface area contributed by atoms with Gasteiger partial charge in [-0.2, -0.15) is 0 Å². The Hall–Kier alpha value is -6.87. The third-order valence-electron chi connectivity index (χ3n) is 9.77. The van der Waals surface area contributed by atoms with Gasteiger partial charge in [-0.25, -0.2) is 9.18 Å². The lowest BCUT2D eigenvalue weighted by molar-refractivity contribution is -0.134. The molecule has 1 atom stereocenters. The molecule has 0 radical (unpaired) electrons. The van der Waals surface area contributed by atoms with E-state index < -0.39 is 11.7 Å². The first kappa shape index (κ1) is 33.3. The van der Waals surface area contributed by atoms with E-state index in [-0.39, 0.29) is 47.6 Å². The van der Waals surface area contributed by atoms with Crippen molar-refractivity contribution in [3.8, 4) is 34.2 Å². The van der Waals surface area contributed by atoms with Gasteiger partial charge < -0.3 is 9.73 Å². The Bertz CT molecular complexity index is 2820. The number of halogens is 1. The van der Waals surface area contributed by atoms with Crippen LogP contribution in [0.15, 0.2) is 88.5 Å². The summed E-state index contributed by atoms with van der Waals surface area (Å²) >= 11 is 0. The van der Waals surface area contributed by atoms with Crippen molar-refractivity contribution in [2.45, 2.75) is 25.7 Å². The van der Waals surface area contributed by atoms with Crippen LogP contribution in [0.25, 0.3) is 55.2 Å². The monoisotopic (exact) mass is 706 g/mol. The first-order valence-electron chi connectivity index (χ1n) is 16.9. The van der Waals surface area contributed by atoms with Gasteiger partial charge in [-0.3, -0.25) is 38.8 Å². The molecule has 11 nitrogen and oxygen atoms in total. The number of pyridine rings is 2. The predicted molar refractivity (Wildman–Crippen MR) is 197 cm³/mol. The van der Waals surface area contributed by atoms with Crippen molar-refractivity contribution in [1.29, 1.82) is 0 Å². The Morgan fingerprint density at radius 1 is 1.00 bits per heavy atom. The number of piperidine rings is 1. The van der Waals surface area contributed by atoms with Crippen LogP contribution in [-0.2, 0) is 23.7 Å². The number of aryl methyl sites for hydroxylation is 3. The van der Waals surface area contributed by atoms with Crippen LogP contribution in [0.1, 0.15) is 45.9 Å². The summed E-state index contributed by atoms with van der Waals surface area (Å²) in [6, 6.07) is 18.2. The van der Waals surface area contributed by atoms with Crippen molar-refractivity contribution in [2.24, 2.45) is 14.1 Å². The number of hydrogen-bond acceptors (Lipinski definition) is 7. The van der Waals surface area contributed by atoms with E-state index in [2.05, 4.69) is 27.5 Å². The van der Waals surface area contributed by atoms with E-state index in [0.717, 1.165) is 27.3 Å². The van der Waals surface area contributed by atoms with Gasteiger partial charge >= 0.3 is 5.69 Å². The van der Waals surface area contributed by atoms with E-state index in [1.54, 1.807) is 51.8 Å². The van der Waals surface area contributed by atoms with E-state index in [1.807, 2.05) is 42.5 Å². The molecule has 0 spiro atoms. The van der Waals surface area contributed by atoms with Crippen LogP contribution in [-0.4, -0.2) is 43.4 Å². The van der Waals surface area contributed by atoms with Crippen molar-refractivity contribution in [3.05, 3.63) is 118 Å². The molecular weight excluding hydrogens is 675 g/mol. The van der Waals surface area contributed by atoms with Crippen molar-refractivity contribution >= 4 is 50.5 Å². The SMILES string of the molecule is Cc1cc(-c2cc3cccc(-c4cc(F)c5c(c4)n(C)c(=O)n5C)c3cn2)cnc1C(=O)NCC#Cc1ccc2occ(C3CCC(=O)NC3=O)c2c1. The number of carbonyl (C=O) groups excluding carboxylic acids is 3. The molecule has 2 N–H and O–H groups in total. The third-order valence-corrected chi connectivity index (χ3v) is 9.77. The molecule has 1 saturated heterocycles. The van der Waals surface area contributed by atoms with Gasteiger partial charge in [0, 0.05) is 60.4 Å². The first-order valence-corrected chi connectivity index (χ1v) is 16.9. The van der Waals surface area contributed by atoms with Gasteiger partial charge in [0.1, 0.15) is 22.6 Å². The van der Waals surface area contributed by atoms with Crippen LogP contribution >= 0.6 is 0 Å². The normalized spacial score (nSPS) is 14.4. The summed E-state index contributed by atoms with van der Waals surface area (Å²) in [4.78, 5) is 58.7. The van der Waals surface area contributed by atoms with Crippen molar-refractivity contribution in [2.75, 3.05) is 6.54 Å². The number of furan rings is 1. The summed E-state index contributed by atoms with van der Waals surface area (Å²) in [6.45, 7) is 1.88. The minimum atomic E-state index is -0.480. The number of fused-ring (bicyclic) bond motifs is 3. The van der Waals surface area contributed by atoms with Gasteiger partial charge in [0.2, 0.25) is 11.8 Å². The second-order valence-electron chi connectivity index (χ2n) is 13.1. The number of rotatable bonds is 5. The highest BCUT2D eigenvalue weighted by molar-refractivity contribution is 6.03. The molecule has 4 aromatic heterocycles. The molecule has 3 amide bonds. The highest BCUT2D eigenvalue weighted by atomic mass is 19.1. The minimum Gasteiger partial charge on any atom is -0.464 e. The maximum absolute atomic E-state index is 15.2. The molecule has 3 aromatic carbocycles. The number of aromatic nitrogens is 4. The molecule has 0 saturated carbocycles. The van der Waals surface area contributed by atoms with Crippen LogP contribution in [0.3, 0.4) is 0 Å². The van der Waals surface area contributed by atoms with Gasteiger partial charge in [-0.05, 0) is 77.9 Å². The standard InChI is InChI=1S/C41H31FN6O5/c1-22-14-26(33-17-24-7-4-8-27(30(24)20-44-33)25-16-32(42)38-34(18-25)47(2)41(52)48(38)3)19-45-37(22)40(51)43-13-5-6-23-9-11-35-29(15-23)31(21-53-35)28-10-12-36(49)46-39(28)50/h4,7-9,11,14-21,28H,10,12-13H2,1-3H3,(H,43,51)(H,46,49,50). The topological polar surface area (TPSA) is 141 Å². The third kappa shape index (κ3) is 5.92. The number of benzene rings is 3. The Morgan fingerprint density at radius 3 is 2.66 bits per heavy atom. The molecular formula is C41H31FN6O5. The fourth-order valence-corrected chi connectivity index (χ4v) is 7.03. The molecule has 1 aliphatic heterocycles.